The minimum atomic E-state index is 1.03. The maximum absolute atomic E-state index is 4.72. The SMILES string of the molecule is C=C/C=C(\C)c1c(C)c2ccccc2c2c1c1ccccc1c1c2c2ccccc2c2c3c4ccccc4c4c(C(=C)/C=C\C)c(C)c5ccccc5c4c3c3ccccc3c12. The first-order valence-corrected chi connectivity index (χ1v) is 21.8. The van der Waals surface area contributed by atoms with Gasteiger partial charge in [-0.05, 0) is 180 Å². The lowest BCUT2D eigenvalue weighted by Gasteiger charge is -2.25. The fourth-order valence-corrected chi connectivity index (χ4v) is 11.8. The largest absolute Gasteiger partial charge is 0.0991 e. The summed E-state index contributed by atoms with van der Waals surface area (Å²) in [6, 6.07) is 54.9. The highest BCUT2D eigenvalue weighted by atomic mass is 14.3. The molecule has 0 heterocycles. The fraction of sp³-hybridized carbons (Fsp3) is 0.0645. The minimum Gasteiger partial charge on any atom is -0.0991 e. The Hall–Kier alpha value is -7.54. The van der Waals surface area contributed by atoms with Gasteiger partial charge in [0.15, 0.2) is 0 Å². The Labute approximate surface area is 361 Å². The quantitative estimate of drug-likeness (QED) is 0.123. The number of hydrogen-bond donors (Lipinski definition) is 0. The van der Waals surface area contributed by atoms with Crippen LogP contribution in [-0.4, -0.2) is 0 Å². The first kappa shape index (κ1) is 36.3. The lowest BCUT2D eigenvalue weighted by Crippen LogP contribution is -1.98. The van der Waals surface area contributed by atoms with Crippen LogP contribution in [-0.2, 0) is 0 Å². The van der Waals surface area contributed by atoms with Gasteiger partial charge in [-0.3, -0.25) is 0 Å². The highest BCUT2D eigenvalue weighted by molar-refractivity contribution is 6.52. The normalized spacial score (nSPS) is 12.7. The van der Waals surface area contributed by atoms with Crippen molar-refractivity contribution in [3.8, 4) is 0 Å². The van der Waals surface area contributed by atoms with Gasteiger partial charge < -0.3 is 0 Å². The van der Waals surface area contributed by atoms with Gasteiger partial charge in [0.25, 0.3) is 0 Å². The van der Waals surface area contributed by atoms with E-state index >= 15 is 0 Å². The third-order valence-electron chi connectivity index (χ3n) is 14.0. The van der Waals surface area contributed by atoms with Crippen LogP contribution in [0.2, 0.25) is 0 Å². The molecule has 0 aliphatic rings. The van der Waals surface area contributed by atoms with E-state index in [-0.39, 0.29) is 0 Å². The van der Waals surface area contributed by atoms with Crippen molar-refractivity contribution in [1.29, 1.82) is 0 Å². The summed E-state index contributed by atoms with van der Waals surface area (Å²) < 4.78 is 0. The second kappa shape index (κ2) is 13.5. The smallest absolute Gasteiger partial charge is 0.000718 e. The Morgan fingerprint density at radius 3 is 0.919 bits per heavy atom. The summed E-state index contributed by atoms with van der Waals surface area (Å²) in [6.07, 6.45) is 8.39. The molecule has 12 aromatic carbocycles. The van der Waals surface area contributed by atoms with E-state index in [1.54, 1.807) is 0 Å². The average Bonchev–Trinajstić information content (AvgIpc) is 3.31. The van der Waals surface area contributed by atoms with E-state index in [2.05, 4.69) is 198 Å². The monoisotopic (exact) mass is 788 g/mol. The van der Waals surface area contributed by atoms with Crippen LogP contribution in [0.25, 0.3) is 130 Å². The molecule has 0 aliphatic heterocycles. The highest BCUT2D eigenvalue weighted by Crippen LogP contribution is 2.55. The van der Waals surface area contributed by atoms with Gasteiger partial charge in [-0.25, -0.2) is 0 Å². The van der Waals surface area contributed by atoms with Crippen molar-refractivity contribution in [3.05, 3.63) is 205 Å². The van der Waals surface area contributed by atoms with Crippen LogP contribution >= 0.6 is 0 Å². The minimum absolute atomic E-state index is 1.03. The summed E-state index contributed by atoms with van der Waals surface area (Å²) in [6.45, 7) is 17.8. The van der Waals surface area contributed by atoms with Crippen molar-refractivity contribution in [2.24, 2.45) is 0 Å². The molecular weight excluding hydrogens is 745 g/mol. The summed E-state index contributed by atoms with van der Waals surface area (Å²) >= 11 is 0. The lowest BCUT2D eigenvalue weighted by molar-refractivity contribution is 1.49. The summed E-state index contributed by atoms with van der Waals surface area (Å²) in [7, 11) is 0. The Morgan fingerprint density at radius 2 is 0.613 bits per heavy atom. The molecule has 0 atom stereocenters. The molecule has 0 heteroatoms. The standard InChI is InChI=1S/C62H44/c1-7-21-35(3)51-37(5)39-23-9-11-25-41(39)55-53(51)43-27-13-15-29-45(43)59-57(55)47-31-17-19-33-49(47)62-60-46-30-16-14-28-44(46)54-52(36(4)22-8-2)38(6)40-24-10-12-26-42(40)56(54)58(60)48-32-18-20-34-50(48)61(59)62/h7-34H,1,4H2,2-3,5-6H3/b22-8-,35-21+. The van der Waals surface area contributed by atoms with Crippen LogP contribution in [0.5, 0.6) is 0 Å². The molecule has 0 spiro atoms. The van der Waals surface area contributed by atoms with E-state index in [0.29, 0.717) is 0 Å². The first-order valence-electron chi connectivity index (χ1n) is 21.8. The van der Waals surface area contributed by atoms with Crippen LogP contribution in [0.15, 0.2) is 183 Å². The van der Waals surface area contributed by atoms with Gasteiger partial charge in [0, 0.05) is 0 Å². The molecule has 292 valence electrons. The van der Waals surface area contributed by atoms with Gasteiger partial charge in [-0.1, -0.05) is 183 Å². The molecule has 0 saturated heterocycles. The zero-order chi connectivity index (χ0) is 42.0. The molecule has 0 radical (unpaired) electrons. The second-order valence-corrected chi connectivity index (χ2v) is 17.1. The molecule has 0 nitrogen and oxygen atoms in total. The number of fused-ring (bicyclic) bond motifs is 25. The third-order valence-corrected chi connectivity index (χ3v) is 14.0. The van der Waals surface area contributed by atoms with Gasteiger partial charge in [-0.2, -0.15) is 0 Å². The van der Waals surface area contributed by atoms with E-state index in [4.69, 9.17) is 6.58 Å². The molecule has 12 aromatic rings. The summed E-state index contributed by atoms with van der Waals surface area (Å²) in [5, 5.41) is 28.3. The molecule has 0 N–H and O–H groups in total. The first-order chi connectivity index (χ1) is 30.4. The molecule has 0 amide bonds. The van der Waals surface area contributed by atoms with Gasteiger partial charge >= 0.3 is 0 Å². The maximum atomic E-state index is 4.72. The van der Waals surface area contributed by atoms with Crippen molar-refractivity contribution in [1.82, 2.24) is 0 Å². The van der Waals surface area contributed by atoms with Gasteiger partial charge in [0.1, 0.15) is 0 Å². The predicted molar refractivity (Wildman–Crippen MR) is 276 cm³/mol. The van der Waals surface area contributed by atoms with Gasteiger partial charge in [0.05, 0.1) is 0 Å². The summed E-state index contributed by atoms with van der Waals surface area (Å²) in [4.78, 5) is 0. The summed E-state index contributed by atoms with van der Waals surface area (Å²) in [5.41, 5.74) is 7.33. The van der Waals surface area contributed by atoms with E-state index < -0.39 is 0 Å². The molecule has 62 heavy (non-hydrogen) atoms. The van der Waals surface area contributed by atoms with E-state index in [0.717, 1.165) is 5.57 Å². The predicted octanol–water partition coefficient (Wildman–Crippen LogP) is 18.2. The molecule has 0 bridgehead atoms. The van der Waals surface area contributed by atoms with E-state index in [9.17, 15) is 0 Å². The number of rotatable bonds is 4. The van der Waals surface area contributed by atoms with Gasteiger partial charge in [-0.15, -0.1) is 0 Å². The Bertz CT molecular complexity index is 4090. The Kier molecular flexibility index (Phi) is 7.90. The molecule has 0 saturated carbocycles. The van der Waals surface area contributed by atoms with Crippen LogP contribution in [0.1, 0.15) is 36.1 Å². The number of benzene rings is 12. The number of hydrogen-bond acceptors (Lipinski definition) is 0. The molecule has 0 unspecified atom stereocenters. The van der Waals surface area contributed by atoms with Crippen LogP contribution < -0.4 is 0 Å². The topological polar surface area (TPSA) is 0 Å². The second-order valence-electron chi connectivity index (χ2n) is 17.1. The number of aryl methyl sites for hydroxylation is 2. The fourth-order valence-electron chi connectivity index (χ4n) is 11.8. The Morgan fingerprint density at radius 1 is 0.371 bits per heavy atom. The van der Waals surface area contributed by atoms with Crippen LogP contribution in [0.3, 0.4) is 0 Å². The maximum Gasteiger partial charge on any atom is -0.000718 e. The third kappa shape index (κ3) is 4.67. The zero-order valence-corrected chi connectivity index (χ0v) is 35.6. The van der Waals surface area contributed by atoms with Crippen LogP contribution in [0, 0.1) is 13.8 Å². The van der Waals surface area contributed by atoms with Crippen molar-refractivity contribution < 1.29 is 0 Å². The van der Waals surface area contributed by atoms with Crippen LogP contribution in [0.4, 0.5) is 0 Å². The highest BCUT2D eigenvalue weighted by Gasteiger charge is 2.27. The zero-order valence-electron chi connectivity index (χ0n) is 35.6. The lowest BCUT2D eigenvalue weighted by atomic mass is 9.77. The molecule has 0 aromatic heterocycles. The van der Waals surface area contributed by atoms with E-state index in [1.165, 1.54) is 146 Å². The Balaban J connectivity index is 1.50. The molecule has 12 rings (SSSR count). The molecule has 0 fully saturated rings. The van der Waals surface area contributed by atoms with Crippen molar-refractivity contribution in [2.75, 3.05) is 0 Å². The van der Waals surface area contributed by atoms with E-state index in [1.807, 2.05) is 6.08 Å². The molecular formula is C62H44. The van der Waals surface area contributed by atoms with Crippen molar-refractivity contribution in [2.45, 2.75) is 27.7 Å². The van der Waals surface area contributed by atoms with Crippen molar-refractivity contribution in [3.63, 3.8) is 0 Å². The summed E-state index contributed by atoms with van der Waals surface area (Å²) in [5.74, 6) is 0. The molecule has 0 aliphatic carbocycles. The van der Waals surface area contributed by atoms with Gasteiger partial charge in [0.2, 0.25) is 0 Å². The van der Waals surface area contributed by atoms with Crippen molar-refractivity contribution >= 4 is 130 Å². The number of allylic oxidation sites excluding steroid dienone is 6. The average molecular weight is 789 g/mol.